The third kappa shape index (κ3) is 3.94. The monoisotopic (exact) mass is 228 g/mol. The van der Waals surface area contributed by atoms with Gasteiger partial charge < -0.3 is 9.63 Å². The fourth-order valence-electron chi connectivity index (χ4n) is 1.11. The van der Waals surface area contributed by atoms with Crippen LogP contribution in [0, 0.1) is 0 Å². The van der Waals surface area contributed by atoms with E-state index in [0.29, 0.717) is 19.9 Å². The van der Waals surface area contributed by atoms with Crippen LogP contribution in [0.1, 0.15) is 0 Å². The Morgan fingerprint density at radius 2 is 2.15 bits per heavy atom. The van der Waals surface area contributed by atoms with Crippen LogP contribution in [0.3, 0.4) is 0 Å². The van der Waals surface area contributed by atoms with Crippen molar-refractivity contribution in [1.82, 2.24) is 9.57 Å². The minimum atomic E-state index is -3.60. The molecule has 0 radical (unpaired) electrons. The second-order valence-electron chi connectivity index (χ2n) is 3.00. The Bertz CT molecular complexity index is 204. The topological polar surface area (TPSA) is 53.0 Å². The molecule has 1 heterocycles. The highest BCUT2D eigenvalue weighted by Crippen LogP contribution is 2.48. The molecule has 0 aliphatic carbocycles. The molecule has 1 rings (SSSR count). The molecule has 7 heteroatoms. The van der Waals surface area contributed by atoms with Crippen molar-refractivity contribution in [3.8, 4) is 0 Å². The first kappa shape index (κ1) is 11.4. The number of hydrogen-bond acceptors (Lipinski definition) is 3. The molecular formula is C6H14ClN2O3P. The van der Waals surface area contributed by atoms with Crippen LogP contribution in [0.4, 0.5) is 0 Å². The molecule has 0 aromatic rings. The lowest BCUT2D eigenvalue weighted by Crippen LogP contribution is -2.41. The molecule has 1 unspecified atom stereocenters. The highest BCUT2D eigenvalue weighted by molar-refractivity contribution is 7.82. The smallest absolute Gasteiger partial charge is 0.361 e. The lowest BCUT2D eigenvalue weighted by Gasteiger charge is -2.30. The first-order valence-corrected chi connectivity index (χ1v) is 6.56. The van der Waals surface area contributed by atoms with E-state index >= 15 is 0 Å². The zero-order valence-corrected chi connectivity index (χ0v) is 9.17. The lowest BCUT2D eigenvalue weighted by atomic mass is 10.4. The highest BCUT2D eigenvalue weighted by Gasteiger charge is 2.23. The summed E-state index contributed by atoms with van der Waals surface area (Å²) in [4.78, 5) is 11.0. The maximum Gasteiger partial charge on any atom is 0.361 e. The number of ether oxygens (including phenoxy) is 1. The highest BCUT2D eigenvalue weighted by atomic mass is 35.7. The number of halogens is 1. The Hall–Kier alpha value is 0.360. The molecule has 13 heavy (non-hydrogen) atoms. The Morgan fingerprint density at radius 3 is 2.62 bits per heavy atom. The average molecular weight is 229 g/mol. The minimum Gasteiger partial charge on any atom is -0.379 e. The van der Waals surface area contributed by atoms with Crippen LogP contribution in [0.15, 0.2) is 0 Å². The molecule has 1 saturated heterocycles. The molecule has 0 bridgehead atoms. The molecule has 5 nitrogen and oxygen atoms in total. The van der Waals surface area contributed by atoms with Crippen LogP contribution in [0.5, 0.6) is 0 Å². The average Bonchev–Trinajstić information content (AvgIpc) is 2.04. The minimum absolute atomic E-state index is 0.403. The Morgan fingerprint density at radius 1 is 1.62 bits per heavy atom. The lowest BCUT2D eigenvalue weighted by molar-refractivity contribution is 0.0248. The van der Waals surface area contributed by atoms with E-state index in [4.69, 9.17) is 20.9 Å². The van der Waals surface area contributed by atoms with Gasteiger partial charge in [-0.1, -0.05) is 0 Å². The second kappa shape index (κ2) is 4.73. The van der Waals surface area contributed by atoms with Crippen LogP contribution >= 0.6 is 18.1 Å². The first-order valence-electron chi connectivity index (χ1n) is 4.04. The van der Waals surface area contributed by atoms with E-state index in [1.807, 2.05) is 4.90 Å². The van der Waals surface area contributed by atoms with Gasteiger partial charge in [-0.3, -0.25) is 9.46 Å². The summed E-state index contributed by atoms with van der Waals surface area (Å²) in [6.07, 6.45) is 0. The van der Waals surface area contributed by atoms with Gasteiger partial charge in [-0.05, 0) is 18.3 Å². The molecule has 1 aliphatic rings. The summed E-state index contributed by atoms with van der Waals surface area (Å²) in [7, 11) is 1.53. The summed E-state index contributed by atoms with van der Waals surface area (Å²) in [5.74, 6) is 0. The van der Waals surface area contributed by atoms with E-state index in [2.05, 4.69) is 0 Å². The maximum absolute atomic E-state index is 11.0. The number of hydrogen-bond donors (Lipinski definition) is 1. The first-order chi connectivity index (χ1) is 6.00. The van der Waals surface area contributed by atoms with Crippen molar-refractivity contribution in [1.29, 1.82) is 0 Å². The van der Waals surface area contributed by atoms with Gasteiger partial charge in [0, 0.05) is 13.1 Å². The van der Waals surface area contributed by atoms with E-state index in [1.54, 1.807) is 0 Å². The van der Waals surface area contributed by atoms with E-state index in [-0.39, 0.29) is 0 Å². The number of nitrogens with zero attached hydrogens (tertiary/aromatic N) is 2. The summed E-state index contributed by atoms with van der Waals surface area (Å²) in [6, 6.07) is 0. The Balaban J connectivity index is 2.34. The van der Waals surface area contributed by atoms with Crippen molar-refractivity contribution in [3.05, 3.63) is 0 Å². The van der Waals surface area contributed by atoms with Gasteiger partial charge in [-0.15, -0.1) is 0 Å². The zero-order valence-electron chi connectivity index (χ0n) is 7.52. The molecule has 78 valence electrons. The fourth-order valence-corrected chi connectivity index (χ4v) is 1.59. The normalized spacial score (nSPS) is 24.6. The van der Waals surface area contributed by atoms with Crippen molar-refractivity contribution in [2.75, 3.05) is 40.0 Å². The third-order valence-electron chi connectivity index (χ3n) is 1.93. The van der Waals surface area contributed by atoms with Crippen molar-refractivity contribution in [2.24, 2.45) is 0 Å². The van der Waals surface area contributed by atoms with Crippen molar-refractivity contribution < 1.29 is 14.2 Å². The van der Waals surface area contributed by atoms with Gasteiger partial charge in [0.05, 0.1) is 19.9 Å². The van der Waals surface area contributed by atoms with Crippen molar-refractivity contribution in [3.63, 3.8) is 0 Å². The quantitative estimate of drug-likeness (QED) is 0.715. The van der Waals surface area contributed by atoms with Crippen LogP contribution in [0.25, 0.3) is 0 Å². The molecule has 1 fully saturated rings. The molecule has 1 atom stereocenters. The van der Waals surface area contributed by atoms with E-state index in [1.165, 1.54) is 11.7 Å². The number of morpholine rings is 1. The standard InChI is InChI=1S/C6H14ClN2O3P/c1-8(13(7,10)11)6-9-2-4-12-5-3-9/h2-6H2,1H3,(H,10,11). The molecule has 0 aromatic carbocycles. The summed E-state index contributed by atoms with van der Waals surface area (Å²) < 4.78 is 17.4. The van der Waals surface area contributed by atoms with E-state index in [9.17, 15) is 4.57 Å². The SMILES string of the molecule is CN(CN1CCOCC1)P(=O)(O)Cl. The van der Waals surface area contributed by atoms with Crippen LogP contribution in [-0.4, -0.2) is 54.5 Å². The number of rotatable bonds is 3. The molecule has 0 amide bonds. The third-order valence-corrected chi connectivity index (χ3v) is 3.67. The van der Waals surface area contributed by atoms with Gasteiger partial charge in [0.2, 0.25) is 0 Å². The van der Waals surface area contributed by atoms with Crippen molar-refractivity contribution in [2.45, 2.75) is 0 Å². The summed E-state index contributed by atoms with van der Waals surface area (Å²) in [5, 5.41) is 0. The van der Waals surface area contributed by atoms with E-state index < -0.39 is 6.87 Å². The second-order valence-corrected chi connectivity index (χ2v) is 5.95. The van der Waals surface area contributed by atoms with Gasteiger partial charge in [0.25, 0.3) is 0 Å². The summed E-state index contributed by atoms with van der Waals surface area (Å²) in [5.41, 5.74) is 0. The molecular weight excluding hydrogens is 215 g/mol. The summed E-state index contributed by atoms with van der Waals surface area (Å²) in [6.45, 7) is -0.294. The maximum atomic E-state index is 11.0. The van der Waals surface area contributed by atoms with Crippen molar-refractivity contribution >= 4 is 18.1 Å². The predicted molar refractivity (Wildman–Crippen MR) is 50.7 cm³/mol. The molecule has 1 N–H and O–H groups in total. The van der Waals surface area contributed by atoms with Crippen LogP contribution < -0.4 is 0 Å². The molecule has 1 aliphatic heterocycles. The predicted octanol–water partition coefficient (Wildman–Crippen LogP) is 0.547. The molecule has 0 saturated carbocycles. The van der Waals surface area contributed by atoms with Gasteiger partial charge in [0.15, 0.2) is 0 Å². The van der Waals surface area contributed by atoms with Gasteiger partial charge in [-0.2, -0.15) is 0 Å². The zero-order chi connectivity index (χ0) is 9.90. The Kier molecular flexibility index (Phi) is 4.16. The molecule has 0 aromatic heterocycles. The van der Waals surface area contributed by atoms with Gasteiger partial charge in [0.1, 0.15) is 0 Å². The van der Waals surface area contributed by atoms with Crippen LogP contribution in [0.2, 0.25) is 0 Å². The largest absolute Gasteiger partial charge is 0.379 e. The van der Waals surface area contributed by atoms with E-state index in [0.717, 1.165) is 13.1 Å². The fraction of sp³-hybridized carbons (Fsp3) is 1.00. The molecule has 0 spiro atoms. The van der Waals surface area contributed by atoms with Crippen LogP contribution in [-0.2, 0) is 9.30 Å². The Labute approximate surface area is 82.5 Å². The summed E-state index contributed by atoms with van der Waals surface area (Å²) >= 11 is 5.28. The van der Waals surface area contributed by atoms with Gasteiger partial charge in [-0.25, -0.2) is 4.67 Å². The van der Waals surface area contributed by atoms with Gasteiger partial charge >= 0.3 is 6.87 Å².